The van der Waals surface area contributed by atoms with Gasteiger partial charge in [0.2, 0.25) is 0 Å². The summed E-state index contributed by atoms with van der Waals surface area (Å²) in [6, 6.07) is 1.55. The van der Waals surface area contributed by atoms with E-state index in [9.17, 15) is 9.90 Å². The fraction of sp³-hybridized carbons (Fsp3) is 0.600. The Hall–Kier alpha value is -1.40. The molecule has 0 saturated carbocycles. The van der Waals surface area contributed by atoms with Gasteiger partial charge in [0.05, 0.1) is 13.2 Å². The number of nitrogens with two attached hydrogens (primary N) is 1. The molecule has 1 aliphatic rings. The summed E-state index contributed by atoms with van der Waals surface area (Å²) in [4.78, 5) is 15.2. The van der Waals surface area contributed by atoms with Crippen LogP contribution in [0.4, 0.5) is 5.82 Å². The van der Waals surface area contributed by atoms with Gasteiger partial charge in [-0.15, -0.1) is 0 Å². The maximum Gasteiger partial charge on any atom is 0.351 e. The molecule has 1 saturated heterocycles. The number of hydrogen-bond acceptors (Lipinski definition) is 5. The van der Waals surface area contributed by atoms with Crippen molar-refractivity contribution in [2.45, 2.75) is 19.6 Å². The van der Waals surface area contributed by atoms with Gasteiger partial charge in [-0.25, -0.2) is 4.79 Å². The van der Waals surface area contributed by atoms with Crippen LogP contribution in [0.25, 0.3) is 0 Å². The number of aliphatic hydroxyl groups excluding tert-OH is 1. The lowest BCUT2D eigenvalue weighted by molar-refractivity contribution is 0.0415. The minimum absolute atomic E-state index is 0.0423. The Morgan fingerprint density at radius 2 is 2.56 bits per heavy atom. The zero-order chi connectivity index (χ0) is 11.8. The Bertz CT molecular complexity index is 445. The van der Waals surface area contributed by atoms with Gasteiger partial charge in [-0.2, -0.15) is 4.98 Å². The molecule has 3 N–H and O–H groups in total. The van der Waals surface area contributed by atoms with Crippen molar-refractivity contribution in [2.24, 2.45) is 5.41 Å². The lowest BCUT2D eigenvalue weighted by Gasteiger charge is -2.18. The highest BCUT2D eigenvalue weighted by molar-refractivity contribution is 5.23. The molecule has 1 aromatic heterocycles. The molecule has 88 valence electrons. The summed E-state index contributed by atoms with van der Waals surface area (Å²) in [5.74, 6) is 0.198. The molecule has 0 radical (unpaired) electrons. The quantitative estimate of drug-likeness (QED) is 0.724. The van der Waals surface area contributed by atoms with Gasteiger partial charge in [0.15, 0.2) is 0 Å². The number of anilines is 1. The molecule has 0 unspecified atom stereocenters. The predicted molar refractivity (Wildman–Crippen MR) is 57.7 cm³/mol. The van der Waals surface area contributed by atoms with E-state index >= 15 is 0 Å². The van der Waals surface area contributed by atoms with E-state index in [1.165, 1.54) is 4.57 Å². The van der Waals surface area contributed by atoms with E-state index < -0.39 is 5.69 Å². The molecule has 1 fully saturated rings. The Morgan fingerprint density at radius 1 is 1.81 bits per heavy atom. The molecule has 2 heterocycles. The van der Waals surface area contributed by atoms with Crippen LogP contribution >= 0.6 is 0 Å². The SMILES string of the molecule is C[C@@]1(CO)CO[C@@H](n2ccc(N)nc2=O)C1. The van der Waals surface area contributed by atoms with Crippen molar-refractivity contribution in [1.29, 1.82) is 0 Å². The van der Waals surface area contributed by atoms with E-state index in [2.05, 4.69) is 4.98 Å². The van der Waals surface area contributed by atoms with Crippen LogP contribution in [0.2, 0.25) is 0 Å². The van der Waals surface area contributed by atoms with Crippen molar-refractivity contribution < 1.29 is 9.84 Å². The Balaban J connectivity index is 2.24. The van der Waals surface area contributed by atoms with Crippen LogP contribution < -0.4 is 11.4 Å². The zero-order valence-electron chi connectivity index (χ0n) is 9.09. The third-order valence-electron chi connectivity index (χ3n) is 2.84. The highest BCUT2D eigenvalue weighted by Crippen LogP contribution is 2.36. The number of hydrogen-bond donors (Lipinski definition) is 2. The molecular formula is C10H15N3O3. The van der Waals surface area contributed by atoms with Gasteiger partial charge in [-0.3, -0.25) is 4.57 Å². The summed E-state index contributed by atoms with van der Waals surface area (Å²) in [6.45, 7) is 2.40. The Morgan fingerprint density at radius 3 is 3.12 bits per heavy atom. The first-order chi connectivity index (χ1) is 7.54. The number of nitrogens with zero attached hydrogens (tertiary/aromatic N) is 2. The second-order valence-electron chi connectivity index (χ2n) is 4.48. The fourth-order valence-corrected chi connectivity index (χ4v) is 1.77. The molecule has 1 aromatic rings. The van der Waals surface area contributed by atoms with Crippen LogP contribution in [0, 0.1) is 5.41 Å². The van der Waals surface area contributed by atoms with Crippen LogP contribution in [-0.4, -0.2) is 27.9 Å². The number of rotatable bonds is 2. The molecule has 6 heteroatoms. The minimum atomic E-state index is -0.424. The number of nitrogen functional groups attached to an aromatic ring is 1. The summed E-state index contributed by atoms with van der Waals surface area (Å²) >= 11 is 0. The molecule has 0 bridgehead atoms. The normalized spacial score (nSPS) is 29.5. The number of aromatic nitrogens is 2. The lowest BCUT2D eigenvalue weighted by atomic mass is 9.90. The minimum Gasteiger partial charge on any atom is -0.396 e. The van der Waals surface area contributed by atoms with Crippen molar-refractivity contribution in [3.63, 3.8) is 0 Å². The molecule has 6 nitrogen and oxygen atoms in total. The first kappa shape index (κ1) is 11.1. The monoisotopic (exact) mass is 225 g/mol. The predicted octanol–water partition coefficient (Wildman–Crippen LogP) is -0.257. The van der Waals surface area contributed by atoms with E-state index in [4.69, 9.17) is 10.5 Å². The molecule has 1 aliphatic heterocycles. The van der Waals surface area contributed by atoms with Gasteiger partial charge < -0.3 is 15.6 Å². The first-order valence-electron chi connectivity index (χ1n) is 5.11. The van der Waals surface area contributed by atoms with Crippen molar-refractivity contribution >= 4 is 5.82 Å². The van der Waals surface area contributed by atoms with Gasteiger partial charge in [-0.05, 0) is 6.07 Å². The zero-order valence-corrected chi connectivity index (χ0v) is 9.09. The second kappa shape index (κ2) is 3.88. The topological polar surface area (TPSA) is 90.4 Å². The molecule has 2 rings (SSSR count). The summed E-state index contributed by atoms with van der Waals surface area (Å²) in [5.41, 5.74) is 4.69. The van der Waals surface area contributed by atoms with E-state index in [0.29, 0.717) is 13.0 Å². The van der Waals surface area contributed by atoms with Crippen LogP contribution in [0.15, 0.2) is 17.1 Å². The van der Waals surface area contributed by atoms with Crippen LogP contribution in [0.5, 0.6) is 0 Å². The highest BCUT2D eigenvalue weighted by atomic mass is 16.5. The van der Waals surface area contributed by atoms with Crippen molar-refractivity contribution in [3.8, 4) is 0 Å². The smallest absolute Gasteiger partial charge is 0.351 e. The van der Waals surface area contributed by atoms with E-state index in [1.807, 2.05) is 6.92 Å². The molecule has 2 atom stereocenters. The van der Waals surface area contributed by atoms with Gasteiger partial charge in [0, 0.05) is 18.0 Å². The van der Waals surface area contributed by atoms with Crippen LogP contribution in [0.1, 0.15) is 19.6 Å². The van der Waals surface area contributed by atoms with Gasteiger partial charge >= 0.3 is 5.69 Å². The van der Waals surface area contributed by atoms with Gasteiger partial charge in [0.1, 0.15) is 12.0 Å². The maximum atomic E-state index is 11.6. The number of ether oxygens (including phenoxy) is 1. The largest absolute Gasteiger partial charge is 0.396 e. The molecule has 0 amide bonds. The van der Waals surface area contributed by atoms with E-state index in [0.717, 1.165) is 0 Å². The van der Waals surface area contributed by atoms with Crippen molar-refractivity contribution in [2.75, 3.05) is 18.9 Å². The van der Waals surface area contributed by atoms with E-state index in [1.54, 1.807) is 12.3 Å². The standard InChI is InChI=1S/C10H15N3O3/c1-10(5-14)4-8(16-6-10)13-3-2-7(11)12-9(13)15/h2-3,8,14H,4-6H2,1H3,(H2,11,12,15)/t8-,10-/m1/s1. The third-order valence-corrected chi connectivity index (χ3v) is 2.84. The van der Waals surface area contributed by atoms with Crippen LogP contribution in [-0.2, 0) is 4.74 Å². The first-order valence-corrected chi connectivity index (χ1v) is 5.11. The molecule has 0 spiro atoms. The Labute approximate surface area is 92.7 Å². The number of aliphatic hydroxyl groups is 1. The summed E-state index contributed by atoms with van der Waals surface area (Å²) in [7, 11) is 0. The highest BCUT2D eigenvalue weighted by Gasteiger charge is 2.36. The van der Waals surface area contributed by atoms with Crippen LogP contribution in [0.3, 0.4) is 0 Å². The average molecular weight is 225 g/mol. The summed E-state index contributed by atoms with van der Waals surface area (Å²) < 4.78 is 6.89. The lowest BCUT2D eigenvalue weighted by Crippen LogP contribution is -2.27. The fourth-order valence-electron chi connectivity index (χ4n) is 1.77. The van der Waals surface area contributed by atoms with Gasteiger partial charge in [0.25, 0.3) is 0 Å². The average Bonchev–Trinajstić information content (AvgIpc) is 2.62. The summed E-state index contributed by atoms with van der Waals surface area (Å²) in [6.07, 6.45) is 1.80. The second-order valence-corrected chi connectivity index (χ2v) is 4.48. The van der Waals surface area contributed by atoms with E-state index in [-0.39, 0.29) is 24.1 Å². The maximum absolute atomic E-state index is 11.6. The van der Waals surface area contributed by atoms with Crippen molar-refractivity contribution in [3.05, 3.63) is 22.7 Å². The Kier molecular flexibility index (Phi) is 2.69. The molecule has 0 aliphatic carbocycles. The van der Waals surface area contributed by atoms with Crippen molar-refractivity contribution in [1.82, 2.24) is 9.55 Å². The molecular weight excluding hydrogens is 210 g/mol. The molecule has 0 aromatic carbocycles. The molecule has 16 heavy (non-hydrogen) atoms. The summed E-state index contributed by atoms with van der Waals surface area (Å²) in [5, 5.41) is 9.20. The van der Waals surface area contributed by atoms with Gasteiger partial charge in [-0.1, -0.05) is 6.92 Å². The third kappa shape index (κ3) is 1.94.